The second-order valence-electron chi connectivity index (χ2n) is 3.37. The van der Waals surface area contributed by atoms with Gasteiger partial charge >= 0.3 is 0 Å². The Kier molecular flexibility index (Phi) is 4.61. The fourth-order valence-corrected chi connectivity index (χ4v) is 1.02. The molecule has 0 aliphatic heterocycles. The Labute approximate surface area is 68.0 Å². The molecule has 0 rings (SSSR count). The first-order valence-electron chi connectivity index (χ1n) is 4.00. The van der Waals surface area contributed by atoms with Crippen LogP contribution >= 0.6 is 0 Å². The Hall–Kier alpha value is -0.150. The fraction of sp³-hybridized carbons (Fsp3) is 1.00. The third-order valence-electron chi connectivity index (χ3n) is 1.46. The van der Waals surface area contributed by atoms with Crippen molar-refractivity contribution in [1.29, 1.82) is 0 Å². The van der Waals surface area contributed by atoms with Gasteiger partial charge in [-0.05, 0) is 20.4 Å². The van der Waals surface area contributed by atoms with E-state index in [9.17, 15) is 9.50 Å². The van der Waals surface area contributed by atoms with E-state index in [1.165, 1.54) is 0 Å². The summed E-state index contributed by atoms with van der Waals surface area (Å²) in [6, 6.07) is 0. The highest BCUT2D eigenvalue weighted by atomic mass is 19.1. The Bertz CT molecular complexity index is 101. The van der Waals surface area contributed by atoms with Crippen LogP contribution in [0.3, 0.4) is 0 Å². The normalized spacial score (nSPS) is 12.5. The molecule has 1 N–H and O–H groups in total. The molecule has 0 bridgehead atoms. The summed E-state index contributed by atoms with van der Waals surface area (Å²) in [7, 11) is 0. The summed E-state index contributed by atoms with van der Waals surface area (Å²) in [6.45, 7) is 6.81. The topological polar surface area (TPSA) is 23.5 Å². The maximum atomic E-state index is 11.9. The van der Waals surface area contributed by atoms with Gasteiger partial charge < -0.3 is 5.11 Å². The SMILES string of the molecule is CCN(CCF)CC(C)(C)O. The van der Waals surface area contributed by atoms with Crippen molar-refractivity contribution in [2.24, 2.45) is 0 Å². The van der Waals surface area contributed by atoms with E-state index >= 15 is 0 Å². The van der Waals surface area contributed by atoms with E-state index in [0.29, 0.717) is 13.1 Å². The molecule has 0 fully saturated rings. The molecule has 68 valence electrons. The molecule has 0 aromatic carbocycles. The standard InChI is InChI=1S/C8H18FNO/c1-4-10(6-5-9)7-8(2,3)11/h11H,4-7H2,1-3H3. The minimum atomic E-state index is -0.717. The fourth-order valence-electron chi connectivity index (χ4n) is 1.02. The lowest BCUT2D eigenvalue weighted by Crippen LogP contribution is -2.39. The minimum absolute atomic E-state index is 0.343. The molecule has 0 aliphatic carbocycles. The van der Waals surface area contributed by atoms with Gasteiger partial charge in [0.2, 0.25) is 0 Å². The van der Waals surface area contributed by atoms with Crippen LogP contribution in [0, 0.1) is 0 Å². The molecule has 0 spiro atoms. The van der Waals surface area contributed by atoms with Crippen molar-refractivity contribution in [1.82, 2.24) is 4.90 Å². The Balaban J connectivity index is 3.68. The quantitative estimate of drug-likeness (QED) is 0.655. The van der Waals surface area contributed by atoms with Gasteiger partial charge in [-0.1, -0.05) is 6.92 Å². The van der Waals surface area contributed by atoms with Crippen molar-refractivity contribution in [3.63, 3.8) is 0 Å². The van der Waals surface area contributed by atoms with E-state index in [1.54, 1.807) is 13.8 Å². The van der Waals surface area contributed by atoms with Gasteiger partial charge in [0.25, 0.3) is 0 Å². The lowest BCUT2D eigenvalue weighted by molar-refractivity contribution is 0.0362. The van der Waals surface area contributed by atoms with Crippen molar-refractivity contribution < 1.29 is 9.50 Å². The first-order valence-corrected chi connectivity index (χ1v) is 4.00. The Morgan fingerprint density at radius 3 is 2.27 bits per heavy atom. The van der Waals surface area contributed by atoms with Gasteiger partial charge in [0.15, 0.2) is 0 Å². The highest BCUT2D eigenvalue weighted by Crippen LogP contribution is 2.03. The predicted octanol–water partition coefficient (Wildman–Crippen LogP) is 1.05. The number of aliphatic hydroxyl groups is 1. The predicted molar refractivity (Wildman–Crippen MR) is 44.4 cm³/mol. The number of rotatable bonds is 5. The summed E-state index contributed by atoms with van der Waals surface area (Å²) in [5.74, 6) is 0. The first kappa shape index (κ1) is 10.8. The maximum absolute atomic E-state index is 11.9. The van der Waals surface area contributed by atoms with Crippen LogP contribution < -0.4 is 0 Å². The van der Waals surface area contributed by atoms with Gasteiger partial charge in [-0.3, -0.25) is 4.90 Å². The van der Waals surface area contributed by atoms with Gasteiger partial charge in [0.05, 0.1) is 5.60 Å². The zero-order chi connectivity index (χ0) is 8.91. The number of likely N-dealkylation sites (N-methyl/N-ethyl adjacent to an activating group) is 1. The maximum Gasteiger partial charge on any atom is 0.102 e. The van der Waals surface area contributed by atoms with Gasteiger partial charge in [0.1, 0.15) is 6.67 Å². The van der Waals surface area contributed by atoms with Crippen molar-refractivity contribution in [2.45, 2.75) is 26.4 Å². The lowest BCUT2D eigenvalue weighted by Gasteiger charge is -2.26. The van der Waals surface area contributed by atoms with E-state index in [4.69, 9.17) is 0 Å². The van der Waals surface area contributed by atoms with Crippen LogP contribution in [0.15, 0.2) is 0 Å². The van der Waals surface area contributed by atoms with Crippen LogP contribution in [0.25, 0.3) is 0 Å². The van der Waals surface area contributed by atoms with E-state index in [0.717, 1.165) is 6.54 Å². The summed E-state index contributed by atoms with van der Waals surface area (Å²) in [4.78, 5) is 1.89. The van der Waals surface area contributed by atoms with Crippen LogP contribution in [0.5, 0.6) is 0 Å². The monoisotopic (exact) mass is 163 g/mol. The number of halogens is 1. The first-order chi connectivity index (χ1) is 4.99. The lowest BCUT2D eigenvalue weighted by atomic mass is 10.1. The van der Waals surface area contributed by atoms with Crippen LogP contribution in [0.4, 0.5) is 4.39 Å². The molecule has 0 radical (unpaired) electrons. The van der Waals surface area contributed by atoms with Crippen molar-refractivity contribution in [2.75, 3.05) is 26.3 Å². The molecule has 0 saturated heterocycles. The molecule has 0 saturated carbocycles. The molecule has 0 aromatic heterocycles. The molecule has 0 heterocycles. The number of hydrogen-bond donors (Lipinski definition) is 1. The molecular formula is C8H18FNO. The summed E-state index contributed by atoms with van der Waals surface area (Å²) in [5.41, 5.74) is -0.717. The summed E-state index contributed by atoms with van der Waals surface area (Å²) >= 11 is 0. The number of alkyl halides is 1. The van der Waals surface area contributed by atoms with Crippen molar-refractivity contribution >= 4 is 0 Å². The smallest absolute Gasteiger partial charge is 0.102 e. The second-order valence-corrected chi connectivity index (χ2v) is 3.37. The Morgan fingerprint density at radius 2 is 2.00 bits per heavy atom. The van der Waals surface area contributed by atoms with Crippen LogP contribution in [-0.4, -0.2) is 41.9 Å². The molecule has 11 heavy (non-hydrogen) atoms. The molecule has 0 aromatic rings. The highest BCUT2D eigenvalue weighted by molar-refractivity contribution is 4.70. The summed E-state index contributed by atoms with van der Waals surface area (Å²) < 4.78 is 11.9. The average Bonchev–Trinajstić information content (AvgIpc) is 1.84. The molecule has 0 atom stereocenters. The molecular weight excluding hydrogens is 145 g/mol. The number of hydrogen-bond acceptors (Lipinski definition) is 2. The van der Waals surface area contributed by atoms with E-state index < -0.39 is 5.60 Å². The van der Waals surface area contributed by atoms with Crippen molar-refractivity contribution in [3.8, 4) is 0 Å². The summed E-state index contributed by atoms with van der Waals surface area (Å²) in [5, 5.41) is 9.38. The summed E-state index contributed by atoms with van der Waals surface area (Å²) in [6.07, 6.45) is 0. The third-order valence-corrected chi connectivity index (χ3v) is 1.46. The van der Waals surface area contributed by atoms with E-state index in [2.05, 4.69) is 0 Å². The minimum Gasteiger partial charge on any atom is -0.389 e. The second kappa shape index (κ2) is 4.67. The molecule has 0 amide bonds. The largest absolute Gasteiger partial charge is 0.389 e. The molecule has 2 nitrogen and oxygen atoms in total. The number of nitrogens with zero attached hydrogens (tertiary/aromatic N) is 1. The van der Waals surface area contributed by atoms with Gasteiger partial charge in [-0.2, -0.15) is 0 Å². The van der Waals surface area contributed by atoms with Crippen molar-refractivity contribution in [3.05, 3.63) is 0 Å². The van der Waals surface area contributed by atoms with Gasteiger partial charge in [0, 0.05) is 13.1 Å². The van der Waals surface area contributed by atoms with Crippen LogP contribution in [0.1, 0.15) is 20.8 Å². The molecule has 0 aliphatic rings. The van der Waals surface area contributed by atoms with Gasteiger partial charge in [-0.25, -0.2) is 4.39 Å². The van der Waals surface area contributed by atoms with E-state index in [1.807, 2.05) is 11.8 Å². The van der Waals surface area contributed by atoms with E-state index in [-0.39, 0.29) is 6.67 Å². The Morgan fingerprint density at radius 1 is 1.45 bits per heavy atom. The third kappa shape index (κ3) is 6.26. The van der Waals surface area contributed by atoms with Crippen LogP contribution in [-0.2, 0) is 0 Å². The zero-order valence-electron chi connectivity index (χ0n) is 7.60. The average molecular weight is 163 g/mol. The highest BCUT2D eigenvalue weighted by Gasteiger charge is 2.16. The zero-order valence-corrected chi connectivity index (χ0v) is 7.60. The molecule has 3 heteroatoms. The van der Waals surface area contributed by atoms with Gasteiger partial charge in [-0.15, -0.1) is 0 Å². The molecule has 0 unspecified atom stereocenters. The van der Waals surface area contributed by atoms with Crippen LogP contribution in [0.2, 0.25) is 0 Å².